The van der Waals surface area contributed by atoms with Gasteiger partial charge >= 0.3 is 0 Å². The molecule has 0 amide bonds. The Morgan fingerprint density at radius 2 is 1.52 bits per heavy atom. The first kappa shape index (κ1) is 26.1. The summed E-state index contributed by atoms with van der Waals surface area (Å²) in [5.74, 6) is 2.43. The Morgan fingerprint density at radius 1 is 0.848 bits per heavy atom. The van der Waals surface area contributed by atoms with E-state index < -0.39 is 0 Å². The van der Waals surface area contributed by atoms with Crippen LogP contribution < -0.4 is 4.74 Å². The van der Waals surface area contributed by atoms with Gasteiger partial charge in [-0.25, -0.2) is 0 Å². The highest BCUT2D eigenvalue weighted by Gasteiger charge is 2.22. The van der Waals surface area contributed by atoms with Crippen LogP contribution in [0.1, 0.15) is 115 Å². The van der Waals surface area contributed by atoms with E-state index in [1.54, 1.807) is 0 Å². The van der Waals surface area contributed by atoms with E-state index in [0.29, 0.717) is 10.9 Å². The second kappa shape index (κ2) is 14.7. The Morgan fingerprint density at radius 3 is 2.21 bits per heavy atom. The highest BCUT2D eigenvalue weighted by Crippen LogP contribution is 2.38. The van der Waals surface area contributed by atoms with Crippen LogP contribution in [0.15, 0.2) is 36.5 Å². The van der Waals surface area contributed by atoms with Crippen molar-refractivity contribution < 1.29 is 4.74 Å². The third kappa shape index (κ3) is 8.63. The molecule has 0 bridgehead atoms. The molecule has 1 heterocycles. The molecule has 3 rings (SSSR count). The first-order chi connectivity index (χ1) is 16.2. The van der Waals surface area contributed by atoms with Crippen LogP contribution in [0.3, 0.4) is 0 Å². The molecule has 1 aromatic carbocycles. The molecular formula is C30H44ClNO. The molecule has 2 nitrogen and oxygen atoms in total. The van der Waals surface area contributed by atoms with Crippen LogP contribution in [-0.4, -0.2) is 11.6 Å². The molecule has 0 aliphatic heterocycles. The van der Waals surface area contributed by atoms with Crippen molar-refractivity contribution in [1.82, 2.24) is 4.98 Å². The van der Waals surface area contributed by atoms with E-state index in [4.69, 9.17) is 16.3 Å². The summed E-state index contributed by atoms with van der Waals surface area (Å²) in [5.41, 5.74) is 3.40. The zero-order valence-corrected chi connectivity index (χ0v) is 21.7. The van der Waals surface area contributed by atoms with Gasteiger partial charge in [0.1, 0.15) is 5.75 Å². The molecule has 1 aromatic heterocycles. The minimum Gasteiger partial charge on any atom is -0.492 e. The molecule has 1 aliphatic rings. The van der Waals surface area contributed by atoms with Gasteiger partial charge in [0.2, 0.25) is 0 Å². The molecule has 0 saturated heterocycles. The van der Waals surface area contributed by atoms with Crippen LogP contribution in [0, 0.1) is 5.92 Å². The third-order valence-electron chi connectivity index (χ3n) is 7.30. The van der Waals surface area contributed by atoms with Crippen LogP contribution >= 0.6 is 11.6 Å². The largest absolute Gasteiger partial charge is 0.492 e. The average molecular weight is 470 g/mol. The molecule has 0 unspecified atom stereocenters. The lowest BCUT2D eigenvalue weighted by molar-refractivity contribution is 0.303. The number of halogens is 1. The number of rotatable bonds is 14. The van der Waals surface area contributed by atoms with Crippen LogP contribution in [-0.2, 0) is 0 Å². The van der Waals surface area contributed by atoms with Crippen molar-refractivity contribution in [2.24, 2.45) is 5.92 Å². The Kier molecular flexibility index (Phi) is 11.6. The molecule has 0 N–H and O–H groups in total. The van der Waals surface area contributed by atoms with Crippen molar-refractivity contribution in [2.75, 3.05) is 6.61 Å². The van der Waals surface area contributed by atoms with E-state index in [0.717, 1.165) is 36.0 Å². The predicted molar refractivity (Wildman–Crippen MR) is 142 cm³/mol. The molecule has 0 radical (unpaired) electrons. The summed E-state index contributed by atoms with van der Waals surface area (Å²) < 4.78 is 5.88. The average Bonchev–Trinajstić information content (AvgIpc) is 2.84. The maximum absolute atomic E-state index is 6.58. The summed E-state index contributed by atoms with van der Waals surface area (Å²) >= 11 is 6.58. The van der Waals surface area contributed by atoms with Crippen molar-refractivity contribution in [3.8, 4) is 17.0 Å². The molecule has 3 heteroatoms. The minimum atomic E-state index is 0.663. The maximum Gasteiger partial charge on any atom is 0.139 e. The van der Waals surface area contributed by atoms with Gasteiger partial charge in [0.15, 0.2) is 0 Å². The van der Waals surface area contributed by atoms with Crippen molar-refractivity contribution >= 4 is 11.6 Å². The molecule has 1 saturated carbocycles. The number of nitrogens with zero attached hydrogens (tertiary/aromatic N) is 1. The zero-order valence-electron chi connectivity index (χ0n) is 21.0. The van der Waals surface area contributed by atoms with Gasteiger partial charge in [-0.2, -0.15) is 0 Å². The van der Waals surface area contributed by atoms with Gasteiger partial charge in [0.05, 0.1) is 23.5 Å². The number of pyridine rings is 1. The molecular weight excluding hydrogens is 426 g/mol. The molecule has 1 aliphatic carbocycles. The van der Waals surface area contributed by atoms with Crippen molar-refractivity contribution in [1.29, 1.82) is 0 Å². The van der Waals surface area contributed by atoms with E-state index in [2.05, 4.69) is 43.1 Å². The van der Waals surface area contributed by atoms with Gasteiger partial charge in [-0.1, -0.05) is 108 Å². The monoisotopic (exact) mass is 469 g/mol. The second-order valence-electron chi connectivity index (χ2n) is 9.95. The smallest absolute Gasteiger partial charge is 0.139 e. The number of unbranched alkanes of at least 4 members (excludes halogenated alkanes) is 7. The third-order valence-corrected chi connectivity index (χ3v) is 7.59. The van der Waals surface area contributed by atoms with E-state index in [1.807, 2.05) is 12.3 Å². The number of ether oxygens (including phenoxy) is 1. The summed E-state index contributed by atoms with van der Waals surface area (Å²) in [5, 5.41) is 0.663. The second-order valence-corrected chi connectivity index (χ2v) is 10.4. The molecule has 0 spiro atoms. The van der Waals surface area contributed by atoms with Crippen molar-refractivity contribution in [3.63, 3.8) is 0 Å². The first-order valence-corrected chi connectivity index (χ1v) is 14.0. The Labute approximate surface area is 207 Å². The highest BCUT2D eigenvalue weighted by atomic mass is 35.5. The fourth-order valence-electron chi connectivity index (χ4n) is 5.16. The number of aromatic nitrogens is 1. The van der Waals surface area contributed by atoms with E-state index in [-0.39, 0.29) is 0 Å². The van der Waals surface area contributed by atoms with Gasteiger partial charge in [-0.3, -0.25) is 4.98 Å². The SMILES string of the molecule is CCCCCCCCOc1cnc(-c2ccc([C@H]3CC[C@H](CCCCC)CC3)cc2)c(Cl)c1. The lowest BCUT2D eigenvalue weighted by Crippen LogP contribution is -2.13. The molecule has 33 heavy (non-hydrogen) atoms. The summed E-state index contributed by atoms with van der Waals surface area (Å²) in [6.45, 7) is 5.28. The fraction of sp³-hybridized carbons (Fsp3) is 0.633. The Hall–Kier alpha value is -1.54. The van der Waals surface area contributed by atoms with Crippen molar-refractivity contribution in [2.45, 2.75) is 110 Å². The predicted octanol–water partition coefficient (Wildman–Crippen LogP) is 10.00. The van der Waals surface area contributed by atoms with E-state index >= 15 is 0 Å². The topological polar surface area (TPSA) is 22.1 Å². The minimum absolute atomic E-state index is 0.663. The van der Waals surface area contributed by atoms with Gasteiger partial charge in [-0.05, 0) is 49.5 Å². The van der Waals surface area contributed by atoms with Gasteiger partial charge in [0, 0.05) is 11.6 Å². The Balaban J connectivity index is 1.46. The number of hydrogen-bond donors (Lipinski definition) is 0. The van der Waals surface area contributed by atoms with Crippen LogP contribution in [0.4, 0.5) is 0 Å². The van der Waals surface area contributed by atoms with E-state index in [9.17, 15) is 0 Å². The van der Waals surface area contributed by atoms with Gasteiger partial charge in [0.25, 0.3) is 0 Å². The van der Waals surface area contributed by atoms with E-state index in [1.165, 1.54) is 89.0 Å². The Bertz CT molecular complexity index is 795. The molecule has 0 atom stereocenters. The standard InChI is InChI=1S/C30H44ClNO/c1-3-5-7-8-9-11-21-33-28-22-29(31)30(32-23-28)27-19-17-26(18-20-27)25-15-13-24(14-16-25)12-10-6-4-2/h17-20,22-25H,3-16,21H2,1-2H3/t24-,25-. The van der Waals surface area contributed by atoms with Gasteiger partial charge < -0.3 is 4.74 Å². The summed E-state index contributed by atoms with van der Waals surface area (Å²) in [7, 11) is 0. The zero-order chi connectivity index (χ0) is 23.3. The summed E-state index contributed by atoms with van der Waals surface area (Å²) in [6.07, 6.45) is 20.4. The van der Waals surface area contributed by atoms with Crippen LogP contribution in [0.5, 0.6) is 5.75 Å². The molecule has 2 aromatic rings. The number of benzene rings is 1. The lowest BCUT2D eigenvalue weighted by Gasteiger charge is -2.29. The van der Waals surface area contributed by atoms with Crippen LogP contribution in [0.25, 0.3) is 11.3 Å². The lowest BCUT2D eigenvalue weighted by atomic mass is 9.77. The fourth-order valence-corrected chi connectivity index (χ4v) is 5.43. The summed E-state index contributed by atoms with van der Waals surface area (Å²) in [6, 6.07) is 10.9. The molecule has 182 valence electrons. The molecule has 1 fully saturated rings. The maximum atomic E-state index is 6.58. The first-order valence-electron chi connectivity index (χ1n) is 13.6. The normalized spacial score (nSPS) is 18.4. The quantitative estimate of drug-likeness (QED) is 0.257. The van der Waals surface area contributed by atoms with Gasteiger partial charge in [-0.15, -0.1) is 0 Å². The summed E-state index contributed by atoms with van der Waals surface area (Å²) in [4.78, 5) is 4.62. The highest BCUT2D eigenvalue weighted by molar-refractivity contribution is 6.33. The number of hydrogen-bond acceptors (Lipinski definition) is 2. The van der Waals surface area contributed by atoms with Crippen LogP contribution in [0.2, 0.25) is 5.02 Å². The van der Waals surface area contributed by atoms with Crippen molar-refractivity contribution in [3.05, 3.63) is 47.1 Å².